The number of hydrogen-bond donors (Lipinski definition) is 3. The van der Waals surface area contributed by atoms with Crippen LogP contribution in [0, 0.1) is 5.41 Å². The van der Waals surface area contributed by atoms with E-state index in [-0.39, 0.29) is 23.2 Å². The molecular weight excluding hydrogens is 454 g/mol. The van der Waals surface area contributed by atoms with Gasteiger partial charge in [-0.1, -0.05) is 12.1 Å². The standard InChI is InChI=1S/C25H33N3O5S/c1-28(2)17-19-3-5-20(6-4-19)33-21-7-9-22(10-8-21)34(31,32)25(23(29)27-30)12-11-24(18-25)13-15-26-16-14-24/h3-10,26,30H,11-18H2,1-2H3,(H,27,29). The molecule has 2 aromatic rings. The first-order valence-electron chi connectivity index (χ1n) is 11.6. The van der Waals surface area contributed by atoms with Crippen molar-refractivity contribution in [3.63, 3.8) is 0 Å². The molecule has 184 valence electrons. The molecule has 1 aliphatic carbocycles. The lowest BCUT2D eigenvalue weighted by Crippen LogP contribution is -2.51. The summed E-state index contributed by atoms with van der Waals surface area (Å²) in [5, 5.41) is 12.7. The van der Waals surface area contributed by atoms with Crippen LogP contribution in [0.1, 0.15) is 37.7 Å². The Bertz CT molecular complexity index is 1110. The fourth-order valence-corrected chi connectivity index (χ4v) is 7.46. The number of nitrogens with zero attached hydrogens (tertiary/aromatic N) is 1. The number of carbonyl (C=O) groups is 1. The Hall–Kier alpha value is -2.46. The molecule has 1 saturated carbocycles. The predicted octanol–water partition coefficient (Wildman–Crippen LogP) is 3.11. The van der Waals surface area contributed by atoms with Gasteiger partial charge in [-0.15, -0.1) is 0 Å². The van der Waals surface area contributed by atoms with Crippen LogP contribution >= 0.6 is 0 Å². The Morgan fingerprint density at radius 3 is 2.15 bits per heavy atom. The third kappa shape index (κ3) is 4.70. The summed E-state index contributed by atoms with van der Waals surface area (Å²) in [7, 11) is -0.0344. The molecule has 2 fully saturated rings. The van der Waals surface area contributed by atoms with Crippen LogP contribution in [0.15, 0.2) is 53.4 Å². The second kappa shape index (κ2) is 9.65. The number of ether oxygens (including phenoxy) is 1. The molecule has 9 heteroatoms. The van der Waals surface area contributed by atoms with Gasteiger partial charge in [0.1, 0.15) is 11.5 Å². The van der Waals surface area contributed by atoms with Crippen molar-refractivity contribution in [3.05, 3.63) is 54.1 Å². The first-order chi connectivity index (χ1) is 16.2. The summed E-state index contributed by atoms with van der Waals surface area (Å²) < 4.78 is 31.7. The average molecular weight is 488 g/mol. The van der Waals surface area contributed by atoms with Crippen LogP contribution in [0.4, 0.5) is 0 Å². The number of piperidine rings is 1. The number of carbonyl (C=O) groups excluding carboxylic acids is 1. The molecule has 1 atom stereocenters. The molecule has 1 aliphatic heterocycles. The van der Waals surface area contributed by atoms with Gasteiger partial charge in [-0.3, -0.25) is 10.0 Å². The van der Waals surface area contributed by atoms with Gasteiger partial charge < -0.3 is 15.0 Å². The lowest BCUT2D eigenvalue weighted by Gasteiger charge is -2.36. The number of nitrogens with one attached hydrogen (secondary N) is 2. The lowest BCUT2D eigenvalue weighted by atomic mass is 9.77. The maximum Gasteiger partial charge on any atom is 0.265 e. The minimum absolute atomic E-state index is 0.0516. The SMILES string of the molecule is CN(C)Cc1ccc(Oc2ccc(S(=O)(=O)C3(C(=O)NO)CCC4(CCNCC4)C3)cc2)cc1. The highest BCUT2D eigenvalue weighted by Crippen LogP contribution is 2.54. The van der Waals surface area contributed by atoms with Crippen LogP contribution in [-0.4, -0.2) is 56.4 Å². The lowest BCUT2D eigenvalue weighted by molar-refractivity contribution is -0.132. The van der Waals surface area contributed by atoms with E-state index in [0.717, 1.165) is 38.0 Å². The van der Waals surface area contributed by atoms with Gasteiger partial charge in [0.2, 0.25) is 0 Å². The largest absolute Gasteiger partial charge is 0.457 e. The molecule has 1 unspecified atom stereocenters. The van der Waals surface area contributed by atoms with E-state index in [1.165, 1.54) is 12.1 Å². The molecule has 1 amide bonds. The van der Waals surface area contributed by atoms with E-state index in [9.17, 15) is 18.4 Å². The van der Waals surface area contributed by atoms with Gasteiger partial charge in [0.25, 0.3) is 5.91 Å². The molecule has 1 spiro atoms. The molecule has 1 heterocycles. The van der Waals surface area contributed by atoms with Crippen molar-refractivity contribution in [2.24, 2.45) is 5.41 Å². The number of benzene rings is 2. The highest BCUT2D eigenvalue weighted by molar-refractivity contribution is 7.93. The van der Waals surface area contributed by atoms with E-state index in [2.05, 4.69) is 10.2 Å². The van der Waals surface area contributed by atoms with Crippen molar-refractivity contribution in [2.45, 2.75) is 48.3 Å². The van der Waals surface area contributed by atoms with Crippen molar-refractivity contribution >= 4 is 15.7 Å². The summed E-state index contributed by atoms with van der Waals surface area (Å²) in [6.45, 7) is 2.44. The quantitative estimate of drug-likeness (QED) is 0.407. The van der Waals surface area contributed by atoms with Gasteiger partial charge in [0.15, 0.2) is 14.6 Å². The third-order valence-corrected chi connectivity index (χ3v) is 9.66. The molecule has 0 bridgehead atoms. The van der Waals surface area contributed by atoms with Crippen LogP contribution < -0.4 is 15.5 Å². The Labute approximate surface area is 201 Å². The molecule has 8 nitrogen and oxygen atoms in total. The highest BCUT2D eigenvalue weighted by Gasteiger charge is 2.60. The molecule has 2 aromatic carbocycles. The van der Waals surface area contributed by atoms with Gasteiger partial charge in [-0.25, -0.2) is 13.9 Å². The predicted molar refractivity (Wildman–Crippen MR) is 129 cm³/mol. The van der Waals surface area contributed by atoms with E-state index in [1.807, 2.05) is 38.4 Å². The number of hydrogen-bond acceptors (Lipinski definition) is 7. The first kappa shape index (κ1) is 24.7. The van der Waals surface area contributed by atoms with E-state index in [0.29, 0.717) is 17.9 Å². The maximum atomic E-state index is 13.7. The summed E-state index contributed by atoms with van der Waals surface area (Å²) in [5.74, 6) is 0.306. The second-order valence-electron chi connectivity index (χ2n) is 9.82. The number of rotatable bonds is 7. The van der Waals surface area contributed by atoms with Crippen LogP contribution in [0.3, 0.4) is 0 Å². The van der Waals surface area contributed by atoms with Crippen molar-refractivity contribution in [3.8, 4) is 11.5 Å². The summed E-state index contributed by atoms with van der Waals surface area (Å²) in [6.07, 6.45) is 2.70. The van der Waals surface area contributed by atoms with E-state index >= 15 is 0 Å². The van der Waals surface area contributed by atoms with Gasteiger partial charge >= 0.3 is 0 Å². The fraction of sp³-hybridized carbons (Fsp3) is 0.480. The number of hydroxylamine groups is 1. The minimum Gasteiger partial charge on any atom is -0.457 e. The van der Waals surface area contributed by atoms with E-state index in [1.54, 1.807) is 17.6 Å². The van der Waals surface area contributed by atoms with Gasteiger partial charge in [0.05, 0.1) is 4.90 Å². The Morgan fingerprint density at radius 1 is 1.00 bits per heavy atom. The van der Waals surface area contributed by atoms with Gasteiger partial charge in [0, 0.05) is 6.54 Å². The average Bonchev–Trinajstić information content (AvgIpc) is 3.21. The number of sulfone groups is 1. The van der Waals surface area contributed by atoms with Crippen LogP contribution in [0.5, 0.6) is 11.5 Å². The normalized spacial score (nSPS) is 22.1. The Kier molecular flexibility index (Phi) is 7.00. The van der Waals surface area contributed by atoms with Gasteiger partial charge in [-0.2, -0.15) is 0 Å². The molecule has 2 aliphatic rings. The highest BCUT2D eigenvalue weighted by atomic mass is 32.2. The van der Waals surface area contributed by atoms with Crippen LogP contribution in [0.2, 0.25) is 0 Å². The van der Waals surface area contributed by atoms with Gasteiger partial charge in [-0.05, 0) is 107 Å². The molecule has 4 rings (SSSR count). The third-order valence-electron chi connectivity index (χ3n) is 7.21. The van der Waals surface area contributed by atoms with E-state index < -0.39 is 20.5 Å². The van der Waals surface area contributed by atoms with Crippen molar-refractivity contribution in [2.75, 3.05) is 27.2 Å². The summed E-state index contributed by atoms with van der Waals surface area (Å²) >= 11 is 0. The Balaban J connectivity index is 1.55. The monoisotopic (exact) mass is 487 g/mol. The second-order valence-corrected chi connectivity index (χ2v) is 12.1. The van der Waals surface area contributed by atoms with Crippen LogP contribution in [-0.2, 0) is 21.2 Å². The first-order valence-corrected chi connectivity index (χ1v) is 13.1. The van der Waals surface area contributed by atoms with Crippen molar-refractivity contribution in [1.82, 2.24) is 15.7 Å². The summed E-state index contributed by atoms with van der Waals surface area (Å²) in [4.78, 5) is 14.9. The number of amides is 1. The molecule has 0 aromatic heterocycles. The summed E-state index contributed by atoms with van der Waals surface area (Å²) in [5.41, 5.74) is 2.60. The zero-order valence-electron chi connectivity index (χ0n) is 19.7. The topological polar surface area (TPSA) is 108 Å². The maximum absolute atomic E-state index is 13.7. The van der Waals surface area contributed by atoms with Crippen molar-refractivity contribution in [1.29, 1.82) is 0 Å². The Morgan fingerprint density at radius 2 is 1.59 bits per heavy atom. The molecular formula is C25H33N3O5S. The minimum atomic E-state index is -4.05. The summed E-state index contributed by atoms with van der Waals surface area (Å²) in [6, 6.07) is 13.9. The fourth-order valence-electron chi connectivity index (χ4n) is 5.36. The zero-order chi connectivity index (χ0) is 24.4. The molecule has 0 radical (unpaired) electrons. The van der Waals surface area contributed by atoms with E-state index in [4.69, 9.17) is 4.74 Å². The zero-order valence-corrected chi connectivity index (χ0v) is 20.5. The molecule has 34 heavy (non-hydrogen) atoms. The molecule has 3 N–H and O–H groups in total. The van der Waals surface area contributed by atoms with Crippen molar-refractivity contribution < 1.29 is 23.2 Å². The smallest absolute Gasteiger partial charge is 0.265 e. The van der Waals surface area contributed by atoms with Crippen LogP contribution in [0.25, 0.3) is 0 Å². The molecule has 1 saturated heterocycles.